The van der Waals surface area contributed by atoms with Crippen LogP contribution in [-0.2, 0) is 18.8 Å². The normalized spacial score (nSPS) is 20.1. The third kappa shape index (κ3) is 2.69. The van der Waals surface area contributed by atoms with Gasteiger partial charge in [-0.25, -0.2) is 9.97 Å². The Morgan fingerprint density at radius 2 is 2.00 bits per heavy atom. The van der Waals surface area contributed by atoms with E-state index in [-0.39, 0.29) is 0 Å². The molecule has 98 valence electrons. The maximum atomic E-state index is 4.70. The van der Waals surface area contributed by atoms with Crippen LogP contribution in [0.4, 0.5) is 0 Å². The first-order valence-corrected chi connectivity index (χ1v) is 8.05. The zero-order valence-corrected chi connectivity index (χ0v) is 11.9. The van der Waals surface area contributed by atoms with Crippen molar-refractivity contribution in [2.45, 2.75) is 63.1 Å². The lowest BCUT2D eigenvalue weighted by molar-refractivity contribution is 0.516. The highest BCUT2D eigenvalue weighted by atomic mass is 32.2. The van der Waals surface area contributed by atoms with Crippen LogP contribution in [0.25, 0.3) is 0 Å². The Morgan fingerprint density at radius 1 is 1.17 bits per heavy atom. The quantitative estimate of drug-likeness (QED) is 0.910. The highest BCUT2D eigenvalue weighted by molar-refractivity contribution is 7.99. The zero-order valence-electron chi connectivity index (χ0n) is 11.0. The molecule has 1 aliphatic carbocycles. The smallest absolute Gasteiger partial charge is 0.138 e. The van der Waals surface area contributed by atoms with Crippen LogP contribution in [0.1, 0.15) is 54.9 Å². The number of nitrogens with zero attached hydrogens (tertiary/aromatic N) is 2. The van der Waals surface area contributed by atoms with Crippen LogP contribution in [0.15, 0.2) is 0 Å². The van der Waals surface area contributed by atoms with Gasteiger partial charge in [-0.15, -0.1) is 0 Å². The first kappa shape index (κ1) is 12.4. The van der Waals surface area contributed by atoms with E-state index in [4.69, 9.17) is 4.98 Å². The SMILES string of the molecule is Cc1nc(CSC2CCCCC2)nc2c1CNC2. The number of nitrogens with one attached hydrogen (secondary N) is 1. The van der Waals surface area contributed by atoms with Crippen molar-refractivity contribution in [2.24, 2.45) is 0 Å². The maximum absolute atomic E-state index is 4.70. The fourth-order valence-electron chi connectivity index (χ4n) is 2.89. The van der Waals surface area contributed by atoms with Gasteiger partial charge in [0, 0.05) is 29.6 Å². The van der Waals surface area contributed by atoms with E-state index in [1.165, 1.54) is 49.1 Å². The van der Waals surface area contributed by atoms with Crippen LogP contribution in [0, 0.1) is 6.92 Å². The third-order valence-corrected chi connectivity index (χ3v) is 5.31. The van der Waals surface area contributed by atoms with Gasteiger partial charge in [0.05, 0.1) is 11.4 Å². The molecule has 18 heavy (non-hydrogen) atoms. The standard InChI is InChI=1S/C14H21N3S/c1-10-12-7-15-8-13(12)17-14(16-10)9-18-11-5-3-2-4-6-11/h11,15H,2-9H2,1H3. The lowest BCUT2D eigenvalue weighted by atomic mass is 10.0. The molecule has 0 spiro atoms. The summed E-state index contributed by atoms with van der Waals surface area (Å²) >= 11 is 2.06. The molecule has 1 aromatic heterocycles. The fraction of sp³-hybridized carbons (Fsp3) is 0.714. The van der Waals surface area contributed by atoms with Gasteiger partial charge < -0.3 is 5.32 Å². The maximum Gasteiger partial charge on any atom is 0.138 e. The van der Waals surface area contributed by atoms with E-state index in [9.17, 15) is 0 Å². The van der Waals surface area contributed by atoms with Crippen LogP contribution >= 0.6 is 11.8 Å². The predicted octanol–water partition coefficient (Wildman–Crippen LogP) is 2.95. The van der Waals surface area contributed by atoms with Gasteiger partial charge in [0.25, 0.3) is 0 Å². The zero-order chi connectivity index (χ0) is 12.4. The minimum absolute atomic E-state index is 0.842. The highest BCUT2D eigenvalue weighted by Crippen LogP contribution is 2.30. The Hall–Kier alpha value is -0.610. The second-order valence-corrected chi connectivity index (χ2v) is 6.61. The van der Waals surface area contributed by atoms with Crippen molar-refractivity contribution in [1.29, 1.82) is 0 Å². The summed E-state index contributed by atoms with van der Waals surface area (Å²) in [6.07, 6.45) is 7.01. The number of rotatable bonds is 3. The Morgan fingerprint density at radius 3 is 2.83 bits per heavy atom. The van der Waals surface area contributed by atoms with Gasteiger partial charge in [0.15, 0.2) is 0 Å². The summed E-state index contributed by atoms with van der Waals surface area (Å²) in [5.41, 5.74) is 3.72. The summed E-state index contributed by atoms with van der Waals surface area (Å²) in [6, 6.07) is 0. The van der Waals surface area contributed by atoms with Crippen LogP contribution in [0.5, 0.6) is 0 Å². The van der Waals surface area contributed by atoms with Gasteiger partial charge in [0.2, 0.25) is 0 Å². The highest BCUT2D eigenvalue weighted by Gasteiger charge is 2.18. The van der Waals surface area contributed by atoms with Crippen molar-refractivity contribution in [3.8, 4) is 0 Å². The summed E-state index contributed by atoms with van der Waals surface area (Å²) in [7, 11) is 0. The van der Waals surface area contributed by atoms with Crippen LogP contribution in [0.3, 0.4) is 0 Å². The molecule has 0 amide bonds. The number of thioether (sulfide) groups is 1. The molecule has 1 fully saturated rings. The Bertz CT molecular complexity index is 427. The van der Waals surface area contributed by atoms with Gasteiger partial charge in [-0.05, 0) is 19.8 Å². The topological polar surface area (TPSA) is 37.8 Å². The second kappa shape index (κ2) is 5.57. The molecule has 1 N–H and O–H groups in total. The number of hydrogen-bond acceptors (Lipinski definition) is 4. The molecular formula is C14H21N3S. The Balaban J connectivity index is 1.64. The van der Waals surface area contributed by atoms with E-state index < -0.39 is 0 Å². The molecule has 3 nitrogen and oxygen atoms in total. The monoisotopic (exact) mass is 263 g/mol. The lowest BCUT2D eigenvalue weighted by Gasteiger charge is -2.20. The average molecular weight is 263 g/mol. The van der Waals surface area contributed by atoms with Crippen LogP contribution in [0.2, 0.25) is 0 Å². The minimum atomic E-state index is 0.842. The van der Waals surface area contributed by atoms with E-state index in [1.807, 2.05) is 0 Å². The molecule has 2 heterocycles. The van der Waals surface area contributed by atoms with Crippen molar-refractivity contribution >= 4 is 11.8 Å². The number of fused-ring (bicyclic) bond motifs is 1. The Labute approximate surface area is 113 Å². The summed E-state index contributed by atoms with van der Waals surface area (Å²) < 4.78 is 0. The molecular weight excluding hydrogens is 242 g/mol. The molecule has 0 saturated heterocycles. The molecule has 0 aromatic carbocycles. The summed E-state index contributed by atoms with van der Waals surface area (Å²) in [5.74, 6) is 2.02. The lowest BCUT2D eigenvalue weighted by Crippen LogP contribution is -2.09. The van der Waals surface area contributed by atoms with Crippen molar-refractivity contribution in [1.82, 2.24) is 15.3 Å². The van der Waals surface area contributed by atoms with E-state index in [0.29, 0.717) is 0 Å². The third-order valence-electron chi connectivity index (χ3n) is 3.94. The van der Waals surface area contributed by atoms with Crippen molar-refractivity contribution in [2.75, 3.05) is 0 Å². The van der Waals surface area contributed by atoms with E-state index >= 15 is 0 Å². The minimum Gasteiger partial charge on any atom is -0.307 e. The molecule has 0 bridgehead atoms. The molecule has 1 aliphatic heterocycles. The Kier molecular flexibility index (Phi) is 3.85. The molecule has 0 radical (unpaired) electrons. The van der Waals surface area contributed by atoms with Gasteiger partial charge in [-0.3, -0.25) is 0 Å². The molecule has 0 atom stereocenters. The second-order valence-electron chi connectivity index (χ2n) is 5.33. The number of aryl methyl sites for hydroxylation is 1. The van der Waals surface area contributed by atoms with E-state index in [1.54, 1.807) is 0 Å². The molecule has 1 aromatic rings. The number of aromatic nitrogens is 2. The first-order chi connectivity index (χ1) is 8.83. The van der Waals surface area contributed by atoms with E-state index in [2.05, 4.69) is 29.0 Å². The predicted molar refractivity (Wildman–Crippen MR) is 75.5 cm³/mol. The van der Waals surface area contributed by atoms with Gasteiger partial charge in [-0.1, -0.05) is 19.3 Å². The van der Waals surface area contributed by atoms with Crippen molar-refractivity contribution < 1.29 is 0 Å². The van der Waals surface area contributed by atoms with Crippen LogP contribution in [-0.4, -0.2) is 15.2 Å². The van der Waals surface area contributed by atoms with Crippen molar-refractivity contribution in [3.05, 3.63) is 22.8 Å². The molecule has 2 aliphatic rings. The van der Waals surface area contributed by atoms with Gasteiger partial charge in [0.1, 0.15) is 5.82 Å². The largest absolute Gasteiger partial charge is 0.307 e. The molecule has 4 heteroatoms. The summed E-state index contributed by atoms with van der Waals surface area (Å²) in [5, 5.41) is 4.19. The van der Waals surface area contributed by atoms with E-state index in [0.717, 1.165) is 29.9 Å². The summed E-state index contributed by atoms with van der Waals surface area (Å²) in [4.78, 5) is 9.36. The average Bonchev–Trinajstić information content (AvgIpc) is 2.86. The number of hydrogen-bond donors (Lipinski definition) is 1. The molecule has 0 unspecified atom stereocenters. The van der Waals surface area contributed by atoms with Gasteiger partial charge in [-0.2, -0.15) is 11.8 Å². The summed E-state index contributed by atoms with van der Waals surface area (Å²) in [6.45, 7) is 3.97. The first-order valence-electron chi connectivity index (χ1n) is 7.00. The van der Waals surface area contributed by atoms with Gasteiger partial charge >= 0.3 is 0 Å². The van der Waals surface area contributed by atoms with Crippen LogP contribution < -0.4 is 5.32 Å². The fourth-order valence-corrected chi connectivity index (χ4v) is 4.07. The van der Waals surface area contributed by atoms with Crippen molar-refractivity contribution in [3.63, 3.8) is 0 Å². The molecule has 3 rings (SSSR count). The molecule has 1 saturated carbocycles.